The topological polar surface area (TPSA) is 0 Å². The molecule has 2 rings (SSSR count). The molecular formula is C28H46Cl2Zr. The standard InChI is InChI=1S/2C14H23.2ClH.Zr/c2*1-5-14(6-2,11-12(3)4)13-9-7-8-10-13;;;/h2*7,9,12H,5-6,8,11H2,1-4H3;2*1H;/q;;;;+2/p-2. The predicted molar refractivity (Wildman–Crippen MR) is 127 cm³/mol. The van der Waals surface area contributed by atoms with E-state index in [0.717, 1.165) is 11.8 Å². The van der Waals surface area contributed by atoms with Gasteiger partial charge in [0.15, 0.2) is 0 Å². The summed E-state index contributed by atoms with van der Waals surface area (Å²) in [4.78, 5) is 0. The van der Waals surface area contributed by atoms with Gasteiger partial charge in [-0.3, -0.25) is 0 Å². The molecule has 2 aliphatic carbocycles. The zero-order valence-corrected chi connectivity index (χ0v) is 25.3. The molecule has 0 fully saturated rings. The van der Waals surface area contributed by atoms with Crippen LogP contribution in [-0.4, -0.2) is 0 Å². The molecule has 0 saturated heterocycles. The van der Waals surface area contributed by atoms with Crippen LogP contribution in [0.4, 0.5) is 0 Å². The molecule has 0 heterocycles. The SMILES string of the molecule is CCC(CC)(CC(C)C)C1=[C]([Zr+2][C]2=C(C(CC)(CC)CC(C)C)C=CC2)CC=C1.[Cl-].[Cl-]. The van der Waals surface area contributed by atoms with E-state index in [4.69, 9.17) is 0 Å². The summed E-state index contributed by atoms with van der Waals surface area (Å²) in [5, 5.41) is 0. The normalized spacial score (nSPS) is 16.3. The second-order valence-electron chi connectivity index (χ2n) is 10.3. The summed E-state index contributed by atoms with van der Waals surface area (Å²) in [6, 6.07) is 0. The fraction of sp³-hybridized carbons (Fsp3) is 0.714. The van der Waals surface area contributed by atoms with Gasteiger partial charge in [0.1, 0.15) is 0 Å². The van der Waals surface area contributed by atoms with E-state index in [1.165, 1.54) is 51.4 Å². The van der Waals surface area contributed by atoms with Gasteiger partial charge in [0, 0.05) is 0 Å². The third kappa shape index (κ3) is 7.20. The van der Waals surface area contributed by atoms with Crippen LogP contribution >= 0.6 is 0 Å². The smallest absolute Gasteiger partial charge is 1.00 e. The van der Waals surface area contributed by atoms with Gasteiger partial charge in [0.2, 0.25) is 0 Å². The largest absolute Gasteiger partial charge is 1.00 e. The third-order valence-corrected chi connectivity index (χ3v) is 11.4. The van der Waals surface area contributed by atoms with Crippen molar-refractivity contribution in [3.8, 4) is 0 Å². The molecule has 0 aromatic rings. The van der Waals surface area contributed by atoms with E-state index in [2.05, 4.69) is 79.7 Å². The molecule has 176 valence electrons. The number of hydrogen-bond acceptors (Lipinski definition) is 0. The zero-order chi connectivity index (χ0) is 21.7. The molecule has 0 N–H and O–H groups in total. The van der Waals surface area contributed by atoms with Crippen molar-refractivity contribution in [2.24, 2.45) is 22.7 Å². The van der Waals surface area contributed by atoms with Gasteiger partial charge in [-0.2, -0.15) is 0 Å². The predicted octanol–water partition coefficient (Wildman–Crippen LogP) is 3.21. The molecule has 0 atom stereocenters. The molecule has 0 spiro atoms. The van der Waals surface area contributed by atoms with Crippen LogP contribution in [0.15, 0.2) is 42.0 Å². The molecule has 3 heteroatoms. The molecule has 0 aliphatic heterocycles. The molecule has 0 aromatic heterocycles. The van der Waals surface area contributed by atoms with Crippen molar-refractivity contribution in [3.05, 3.63) is 42.0 Å². The van der Waals surface area contributed by atoms with Crippen LogP contribution in [0.2, 0.25) is 0 Å². The summed E-state index contributed by atoms with van der Waals surface area (Å²) in [7, 11) is 0. The Bertz CT molecular complexity index is 613. The average Bonchev–Trinajstić information content (AvgIpc) is 3.34. The fourth-order valence-corrected chi connectivity index (χ4v) is 10.4. The summed E-state index contributed by atoms with van der Waals surface area (Å²) in [6.07, 6.45) is 20.4. The molecule has 0 aromatic carbocycles. The van der Waals surface area contributed by atoms with Crippen molar-refractivity contribution in [2.75, 3.05) is 0 Å². The molecule has 0 nitrogen and oxygen atoms in total. The van der Waals surface area contributed by atoms with Crippen molar-refractivity contribution in [1.82, 2.24) is 0 Å². The van der Waals surface area contributed by atoms with E-state index < -0.39 is 23.2 Å². The van der Waals surface area contributed by atoms with Crippen molar-refractivity contribution in [3.63, 3.8) is 0 Å². The second-order valence-corrected chi connectivity index (χ2v) is 13.9. The van der Waals surface area contributed by atoms with Crippen molar-refractivity contribution < 1.29 is 48.0 Å². The molecule has 0 bridgehead atoms. The number of rotatable bonds is 12. The van der Waals surface area contributed by atoms with Crippen LogP contribution in [0.1, 0.15) is 107 Å². The molecule has 0 saturated carbocycles. The molecule has 0 radical (unpaired) electrons. The van der Waals surface area contributed by atoms with Gasteiger partial charge in [-0.05, 0) is 0 Å². The van der Waals surface area contributed by atoms with E-state index in [0.29, 0.717) is 10.8 Å². The Morgan fingerprint density at radius 2 is 1.00 bits per heavy atom. The van der Waals surface area contributed by atoms with E-state index in [9.17, 15) is 0 Å². The van der Waals surface area contributed by atoms with E-state index in [-0.39, 0.29) is 24.8 Å². The van der Waals surface area contributed by atoms with Crippen molar-refractivity contribution in [2.45, 2.75) is 107 Å². The van der Waals surface area contributed by atoms with E-state index in [1.54, 1.807) is 11.1 Å². The maximum Gasteiger partial charge on any atom is -1.00 e. The first-order chi connectivity index (χ1) is 13.8. The number of allylic oxidation sites excluding steroid dienone is 8. The summed E-state index contributed by atoms with van der Waals surface area (Å²) >= 11 is -0.710. The van der Waals surface area contributed by atoms with Crippen LogP contribution in [0.3, 0.4) is 0 Å². The van der Waals surface area contributed by atoms with Gasteiger partial charge in [-0.15, -0.1) is 0 Å². The first-order valence-corrected chi connectivity index (χ1v) is 14.8. The van der Waals surface area contributed by atoms with E-state index in [1.807, 2.05) is 6.56 Å². The van der Waals surface area contributed by atoms with Gasteiger partial charge in [-0.1, -0.05) is 0 Å². The Balaban J connectivity index is 0.00000450. The zero-order valence-electron chi connectivity index (χ0n) is 21.4. The quantitative estimate of drug-likeness (QED) is 0.354. The average molecular weight is 545 g/mol. The number of halogens is 2. The Hall–Kier alpha value is 0.423. The monoisotopic (exact) mass is 542 g/mol. The van der Waals surface area contributed by atoms with Gasteiger partial charge in [0.05, 0.1) is 0 Å². The van der Waals surface area contributed by atoms with Crippen LogP contribution in [0, 0.1) is 22.7 Å². The van der Waals surface area contributed by atoms with E-state index >= 15 is 0 Å². The van der Waals surface area contributed by atoms with Gasteiger partial charge in [0.25, 0.3) is 0 Å². The van der Waals surface area contributed by atoms with Crippen LogP contribution in [0.25, 0.3) is 0 Å². The fourth-order valence-electron chi connectivity index (χ4n) is 6.04. The van der Waals surface area contributed by atoms with Gasteiger partial charge < -0.3 is 24.8 Å². The maximum atomic E-state index is 2.54. The van der Waals surface area contributed by atoms with Crippen LogP contribution in [0.5, 0.6) is 0 Å². The Morgan fingerprint density at radius 3 is 1.26 bits per heavy atom. The maximum absolute atomic E-state index is 2.54. The molecule has 31 heavy (non-hydrogen) atoms. The first-order valence-electron chi connectivity index (χ1n) is 12.3. The molecule has 0 unspecified atom stereocenters. The summed E-state index contributed by atoms with van der Waals surface area (Å²) in [6.45, 7) is 19.3. The second kappa shape index (κ2) is 14.0. The summed E-state index contributed by atoms with van der Waals surface area (Å²) < 4.78 is 3.78. The van der Waals surface area contributed by atoms with Crippen LogP contribution < -0.4 is 24.8 Å². The molecular weight excluding hydrogens is 498 g/mol. The minimum atomic E-state index is -0.710. The number of hydrogen-bond donors (Lipinski definition) is 0. The minimum absolute atomic E-state index is 0. The van der Waals surface area contributed by atoms with Crippen molar-refractivity contribution >= 4 is 0 Å². The van der Waals surface area contributed by atoms with Crippen molar-refractivity contribution in [1.29, 1.82) is 0 Å². The van der Waals surface area contributed by atoms with Gasteiger partial charge in [-0.25, -0.2) is 0 Å². The Labute approximate surface area is 218 Å². The summed E-state index contributed by atoms with van der Waals surface area (Å²) in [5.74, 6) is 1.54. The minimum Gasteiger partial charge on any atom is -1.00 e. The molecule has 2 aliphatic rings. The summed E-state index contributed by atoms with van der Waals surface area (Å²) in [5.41, 5.74) is 4.36. The molecule has 0 amide bonds. The Morgan fingerprint density at radius 1 is 0.677 bits per heavy atom. The first kappa shape index (κ1) is 31.4. The van der Waals surface area contributed by atoms with Crippen LogP contribution in [-0.2, 0) is 23.2 Å². The Kier molecular flexibility index (Phi) is 14.2. The third-order valence-electron chi connectivity index (χ3n) is 7.61. The van der Waals surface area contributed by atoms with Gasteiger partial charge >= 0.3 is 195 Å².